The van der Waals surface area contributed by atoms with E-state index in [1.54, 1.807) is 0 Å². The molecule has 6 rings (SSSR count). The maximum Gasteiger partial charge on any atom is 0.303 e. The second-order valence-corrected chi connectivity index (χ2v) is 11.8. The van der Waals surface area contributed by atoms with E-state index in [4.69, 9.17) is 23.7 Å². The van der Waals surface area contributed by atoms with Crippen LogP contribution in [0.15, 0.2) is 152 Å². The Morgan fingerprint density at radius 1 is 0.604 bits per heavy atom. The molecule has 1 aliphatic heterocycles. The molecule has 5 aromatic carbocycles. The maximum atomic E-state index is 12.3. The molecule has 7 heteroatoms. The zero-order valence-corrected chi connectivity index (χ0v) is 26.8. The van der Waals surface area contributed by atoms with Gasteiger partial charge in [0.25, 0.3) is 0 Å². The molecule has 0 radical (unpaired) electrons. The quantitative estimate of drug-likeness (QED) is 0.111. The van der Waals surface area contributed by atoms with Crippen molar-refractivity contribution in [3.05, 3.63) is 179 Å². The first-order chi connectivity index (χ1) is 23.5. The van der Waals surface area contributed by atoms with Crippen molar-refractivity contribution in [2.75, 3.05) is 6.61 Å². The molecule has 5 atom stereocenters. The molecular formula is C41H40O7. The maximum absolute atomic E-state index is 12.3. The predicted octanol–water partition coefficient (Wildman–Crippen LogP) is 6.81. The SMILES string of the molecule is CC(=O)OC1C(O)OC(COC(c2ccccc2)(c2ccccc2)c2ccccc2)C(OCc2ccccc2)C1OCc1ccccc1. The molecule has 0 aliphatic carbocycles. The van der Waals surface area contributed by atoms with E-state index in [1.165, 1.54) is 6.92 Å². The Morgan fingerprint density at radius 2 is 1.00 bits per heavy atom. The summed E-state index contributed by atoms with van der Waals surface area (Å²) in [6.45, 7) is 1.74. The third-order valence-electron chi connectivity index (χ3n) is 8.49. The van der Waals surface area contributed by atoms with Crippen LogP contribution in [0.3, 0.4) is 0 Å². The summed E-state index contributed by atoms with van der Waals surface area (Å²) in [5, 5.41) is 11.3. The molecular weight excluding hydrogens is 604 g/mol. The average molecular weight is 645 g/mol. The minimum Gasteiger partial charge on any atom is -0.454 e. The van der Waals surface area contributed by atoms with Crippen LogP contribution < -0.4 is 0 Å². The topological polar surface area (TPSA) is 83.5 Å². The van der Waals surface area contributed by atoms with E-state index in [0.29, 0.717) is 0 Å². The molecule has 0 aromatic heterocycles. The van der Waals surface area contributed by atoms with Gasteiger partial charge in [-0.2, -0.15) is 0 Å². The summed E-state index contributed by atoms with van der Waals surface area (Å²) in [5.74, 6) is -0.566. The van der Waals surface area contributed by atoms with Crippen molar-refractivity contribution in [3.63, 3.8) is 0 Å². The zero-order chi connectivity index (χ0) is 33.2. The number of hydrogen-bond acceptors (Lipinski definition) is 7. The molecule has 7 nitrogen and oxygen atoms in total. The molecule has 1 aliphatic rings. The third-order valence-corrected chi connectivity index (χ3v) is 8.49. The van der Waals surface area contributed by atoms with Gasteiger partial charge in [-0.05, 0) is 27.8 Å². The lowest BCUT2D eigenvalue weighted by atomic mass is 9.80. The lowest BCUT2D eigenvalue weighted by Crippen LogP contribution is -2.61. The summed E-state index contributed by atoms with van der Waals surface area (Å²) in [6, 6.07) is 49.6. The number of aliphatic hydroxyl groups excluding tert-OH is 1. The van der Waals surface area contributed by atoms with E-state index < -0.39 is 42.3 Å². The lowest BCUT2D eigenvalue weighted by Gasteiger charge is -2.45. The molecule has 0 bridgehead atoms. The van der Waals surface area contributed by atoms with Crippen LogP contribution in [0.25, 0.3) is 0 Å². The number of hydrogen-bond donors (Lipinski definition) is 1. The highest BCUT2D eigenvalue weighted by Crippen LogP contribution is 2.41. The van der Waals surface area contributed by atoms with Gasteiger partial charge in [-0.25, -0.2) is 0 Å². The van der Waals surface area contributed by atoms with Crippen LogP contribution in [0.2, 0.25) is 0 Å². The predicted molar refractivity (Wildman–Crippen MR) is 182 cm³/mol. The summed E-state index contributed by atoms with van der Waals surface area (Å²) >= 11 is 0. The van der Waals surface area contributed by atoms with Crippen molar-refractivity contribution in [1.29, 1.82) is 0 Å². The summed E-state index contributed by atoms with van der Waals surface area (Å²) in [4.78, 5) is 12.3. The Kier molecular flexibility index (Phi) is 11.1. The fourth-order valence-electron chi connectivity index (χ4n) is 6.25. The summed E-state index contributed by atoms with van der Waals surface area (Å²) in [7, 11) is 0. The van der Waals surface area contributed by atoms with Gasteiger partial charge >= 0.3 is 5.97 Å². The fourth-order valence-corrected chi connectivity index (χ4v) is 6.25. The van der Waals surface area contributed by atoms with E-state index in [2.05, 4.69) is 0 Å². The first kappa shape index (κ1) is 33.3. The van der Waals surface area contributed by atoms with Crippen molar-refractivity contribution in [3.8, 4) is 0 Å². The van der Waals surface area contributed by atoms with Crippen molar-refractivity contribution in [2.45, 2.75) is 56.4 Å². The van der Waals surface area contributed by atoms with Gasteiger partial charge in [0.2, 0.25) is 0 Å². The van der Waals surface area contributed by atoms with Crippen LogP contribution in [-0.2, 0) is 47.3 Å². The standard InChI is InChI=1S/C41H40O7/c1-30(42)47-39-38(45-28-32-19-9-3-10-20-32)37(44-27-31-17-7-2-8-18-31)36(48-40(39)43)29-46-41(33-21-11-4-12-22-33,34-23-13-5-14-24-34)35-25-15-6-16-26-35/h2-26,36-40,43H,27-29H2,1H3. The smallest absolute Gasteiger partial charge is 0.303 e. The molecule has 5 unspecified atom stereocenters. The Hall–Kier alpha value is -4.63. The van der Waals surface area contributed by atoms with Gasteiger partial charge in [-0.15, -0.1) is 0 Å². The number of benzene rings is 5. The lowest BCUT2D eigenvalue weighted by molar-refractivity contribution is -0.311. The van der Waals surface area contributed by atoms with Crippen LogP contribution in [0.5, 0.6) is 0 Å². The molecule has 1 saturated heterocycles. The number of esters is 1. The number of rotatable bonds is 13. The molecule has 0 saturated carbocycles. The van der Waals surface area contributed by atoms with Crippen LogP contribution in [0.4, 0.5) is 0 Å². The molecule has 48 heavy (non-hydrogen) atoms. The zero-order valence-electron chi connectivity index (χ0n) is 26.8. The van der Waals surface area contributed by atoms with Gasteiger partial charge in [0.1, 0.15) is 23.9 Å². The van der Waals surface area contributed by atoms with Crippen LogP contribution in [0, 0.1) is 0 Å². The molecule has 246 valence electrons. The normalized spacial score (nSPS) is 21.0. The Morgan fingerprint density at radius 3 is 1.42 bits per heavy atom. The largest absolute Gasteiger partial charge is 0.454 e. The van der Waals surface area contributed by atoms with Crippen molar-refractivity contribution < 1.29 is 33.6 Å². The van der Waals surface area contributed by atoms with Crippen molar-refractivity contribution >= 4 is 5.97 Å². The molecule has 1 N–H and O–H groups in total. The van der Waals surface area contributed by atoms with Crippen molar-refractivity contribution in [1.82, 2.24) is 0 Å². The van der Waals surface area contributed by atoms with E-state index in [0.717, 1.165) is 27.8 Å². The summed E-state index contributed by atoms with van der Waals surface area (Å²) < 4.78 is 32.0. The molecule has 0 spiro atoms. The van der Waals surface area contributed by atoms with E-state index in [-0.39, 0.29) is 19.8 Å². The number of carbonyl (C=O) groups excluding carboxylic acids is 1. The molecule has 0 amide bonds. The fraction of sp³-hybridized carbons (Fsp3) is 0.244. The number of ether oxygens (including phenoxy) is 5. The van der Waals surface area contributed by atoms with Crippen LogP contribution in [0.1, 0.15) is 34.7 Å². The monoisotopic (exact) mass is 644 g/mol. The van der Waals surface area contributed by atoms with Gasteiger partial charge in [0, 0.05) is 6.92 Å². The highest BCUT2D eigenvalue weighted by Gasteiger charge is 2.50. The first-order valence-corrected chi connectivity index (χ1v) is 16.2. The molecule has 1 heterocycles. The number of aliphatic hydroxyl groups is 1. The minimum absolute atomic E-state index is 0.00713. The van der Waals surface area contributed by atoms with Gasteiger partial charge in [0.15, 0.2) is 12.4 Å². The molecule has 5 aromatic rings. The van der Waals surface area contributed by atoms with E-state index in [9.17, 15) is 9.90 Å². The summed E-state index contributed by atoms with van der Waals surface area (Å²) in [5.41, 5.74) is 3.61. The number of carbonyl (C=O) groups is 1. The third kappa shape index (κ3) is 7.73. The highest BCUT2D eigenvalue weighted by atomic mass is 16.7. The first-order valence-electron chi connectivity index (χ1n) is 16.2. The van der Waals surface area contributed by atoms with Gasteiger partial charge in [0.05, 0.1) is 19.8 Å². The Balaban J connectivity index is 1.39. The van der Waals surface area contributed by atoms with E-state index in [1.807, 2.05) is 152 Å². The summed E-state index contributed by atoms with van der Waals surface area (Å²) in [6.07, 6.45) is -5.10. The second kappa shape index (κ2) is 16.0. The van der Waals surface area contributed by atoms with E-state index >= 15 is 0 Å². The Labute approximate surface area is 281 Å². The van der Waals surface area contributed by atoms with Crippen LogP contribution in [-0.4, -0.2) is 48.4 Å². The van der Waals surface area contributed by atoms with Crippen molar-refractivity contribution in [2.24, 2.45) is 0 Å². The molecule has 1 fully saturated rings. The van der Waals surface area contributed by atoms with Gasteiger partial charge in [-0.3, -0.25) is 4.79 Å². The Bertz CT molecular complexity index is 1590. The van der Waals surface area contributed by atoms with Crippen LogP contribution >= 0.6 is 0 Å². The second-order valence-electron chi connectivity index (χ2n) is 11.8. The minimum atomic E-state index is -1.49. The van der Waals surface area contributed by atoms with Gasteiger partial charge in [-0.1, -0.05) is 152 Å². The van der Waals surface area contributed by atoms with Gasteiger partial charge < -0.3 is 28.8 Å². The average Bonchev–Trinajstić information content (AvgIpc) is 3.14. The highest BCUT2D eigenvalue weighted by molar-refractivity contribution is 5.66.